The van der Waals surface area contributed by atoms with Gasteiger partial charge in [-0.05, 0) is 58.2 Å². The van der Waals surface area contributed by atoms with Crippen LogP contribution in [0.25, 0.3) is 22.2 Å². The molecule has 0 spiro atoms. The van der Waals surface area contributed by atoms with Crippen molar-refractivity contribution in [2.75, 3.05) is 0 Å². The molecule has 1 aliphatic rings. The van der Waals surface area contributed by atoms with Gasteiger partial charge in [-0.2, -0.15) is 0 Å². The van der Waals surface area contributed by atoms with Gasteiger partial charge in [0, 0.05) is 17.6 Å². The molecule has 4 rings (SSSR count). The van der Waals surface area contributed by atoms with Crippen LogP contribution in [0.3, 0.4) is 0 Å². The fourth-order valence-corrected chi connectivity index (χ4v) is 4.21. The van der Waals surface area contributed by atoms with Gasteiger partial charge in [0.2, 0.25) is 0 Å². The molecule has 3 atom stereocenters. The summed E-state index contributed by atoms with van der Waals surface area (Å²) in [6, 6.07) is 15.0. The first-order chi connectivity index (χ1) is 14.5. The van der Waals surface area contributed by atoms with Crippen LogP contribution in [-0.4, -0.2) is 40.1 Å². The van der Waals surface area contributed by atoms with E-state index >= 15 is 0 Å². The molecule has 0 unspecified atom stereocenters. The highest BCUT2D eigenvalue weighted by atomic mass is 16.5. The van der Waals surface area contributed by atoms with Crippen LogP contribution in [0.1, 0.15) is 50.4 Å². The van der Waals surface area contributed by atoms with Gasteiger partial charge in [0.25, 0.3) is 5.91 Å². The normalized spacial score (nSPS) is 20.2. The van der Waals surface area contributed by atoms with E-state index < -0.39 is 12.1 Å². The maximum atomic E-state index is 12.9. The lowest BCUT2D eigenvalue weighted by molar-refractivity contribution is -0.146. The van der Waals surface area contributed by atoms with Crippen LogP contribution in [0.4, 0.5) is 0 Å². The number of ether oxygens (including phenoxy) is 1. The van der Waals surface area contributed by atoms with E-state index in [1.165, 1.54) is 0 Å². The van der Waals surface area contributed by atoms with Gasteiger partial charge in [0.15, 0.2) is 11.9 Å². The first-order valence-electron chi connectivity index (χ1n) is 10.4. The Morgan fingerprint density at radius 3 is 2.50 bits per heavy atom. The van der Waals surface area contributed by atoms with E-state index in [0.717, 1.165) is 30.2 Å². The Kier molecular flexibility index (Phi) is 5.57. The van der Waals surface area contributed by atoms with Crippen LogP contribution >= 0.6 is 0 Å². The van der Waals surface area contributed by atoms with Crippen molar-refractivity contribution in [3.63, 3.8) is 0 Å². The van der Waals surface area contributed by atoms with Crippen molar-refractivity contribution in [3.8, 4) is 11.3 Å². The van der Waals surface area contributed by atoms with E-state index in [9.17, 15) is 9.59 Å². The number of carbonyl (C=O) groups excluding carboxylic acids is 2. The third-order valence-corrected chi connectivity index (χ3v) is 5.83. The van der Waals surface area contributed by atoms with Gasteiger partial charge in [0.1, 0.15) is 5.52 Å². The summed E-state index contributed by atoms with van der Waals surface area (Å²) < 4.78 is 11.0. The summed E-state index contributed by atoms with van der Waals surface area (Å²) >= 11 is 0. The Hall–Kier alpha value is -3.15. The van der Waals surface area contributed by atoms with Crippen molar-refractivity contribution >= 4 is 22.8 Å². The number of esters is 1. The minimum atomic E-state index is -0.840. The van der Waals surface area contributed by atoms with Gasteiger partial charge in [0.05, 0.1) is 10.9 Å². The highest BCUT2D eigenvalue weighted by molar-refractivity contribution is 5.99. The van der Waals surface area contributed by atoms with Crippen molar-refractivity contribution in [1.29, 1.82) is 0 Å². The lowest BCUT2D eigenvalue weighted by Gasteiger charge is -2.40. The second-order valence-electron chi connectivity index (χ2n) is 8.03. The highest BCUT2D eigenvalue weighted by Crippen LogP contribution is 2.29. The summed E-state index contributed by atoms with van der Waals surface area (Å²) in [5.74, 6) is -0.0744. The topological polar surface area (TPSA) is 72.6 Å². The minimum Gasteiger partial charge on any atom is -0.449 e. The summed E-state index contributed by atoms with van der Waals surface area (Å²) in [4.78, 5) is 27.6. The number of aromatic nitrogens is 1. The fraction of sp³-hybridized carbons (Fsp3) is 0.375. The second kappa shape index (κ2) is 8.30. The molecule has 156 valence electrons. The Bertz CT molecular complexity index is 1050. The predicted molar refractivity (Wildman–Crippen MR) is 114 cm³/mol. The van der Waals surface area contributed by atoms with Crippen molar-refractivity contribution in [2.45, 2.75) is 58.2 Å². The van der Waals surface area contributed by atoms with Crippen molar-refractivity contribution < 1.29 is 18.8 Å². The maximum absolute atomic E-state index is 12.9. The number of nitrogens with zero attached hydrogens (tertiary/aromatic N) is 2. The molecule has 30 heavy (non-hydrogen) atoms. The predicted octanol–water partition coefficient (Wildman–Crippen LogP) is 4.83. The van der Waals surface area contributed by atoms with Crippen molar-refractivity contribution in [2.24, 2.45) is 0 Å². The summed E-state index contributed by atoms with van der Waals surface area (Å²) in [6.45, 7) is 5.74. The SMILES string of the molecule is C[C@@H]1CCC[C@H](C)N1C(=O)[C@@H](C)OC(=O)c1ccc2noc(-c3ccccc3)c2c1. The number of likely N-dealkylation sites (tertiary alicyclic amines) is 1. The van der Waals surface area contributed by atoms with Gasteiger partial charge >= 0.3 is 5.97 Å². The van der Waals surface area contributed by atoms with Crippen LogP contribution in [-0.2, 0) is 9.53 Å². The highest BCUT2D eigenvalue weighted by Gasteiger charge is 2.33. The Morgan fingerprint density at radius 1 is 1.10 bits per heavy atom. The molecule has 1 aromatic heterocycles. The van der Waals surface area contributed by atoms with E-state index in [1.807, 2.05) is 49.1 Å². The molecule has 2 heterocycles. The zero-order chi connectivity index (χ0) is 21.3. The summed E-state index contributed by atoms with van der Waals surface area (Å²) in [6.07, 6.45) is 2.22. The van der Waals surface area contributed by atoms with Gasteiger partial charge in [-0.3, -0.25) is 4.79 Å². The maximum Gasteiger partial charge on any atom is 0.338 e. The molecular weight excluding hydrogens is 380 g/mol. The number of carbonyl (C=O) groups is 2. The Balaban J connectivity index is 1.54. The molecule has 1 saturated heterocycles. The second-order valence-corrected chi connectivity index (χ2v) is 8.03. The molecule has 6 heteroatoms. The monoisotopic (exact) mass is 406 g/mol. The largest absolute Gasteiger partial charge is 0.449 e. The van der Waals surface area contributed by atoms with Crippen molar-refractivity contribution in [1.82, 2.24) is 10.1 Å². The smallest absolute Gasteiger partial charge is 0.338 e. The first kappa shape index (κ1) is 20.1. The molecule has 0 aliphatic carbocycles. The zero-order valence-electron chi connectivity index (χ0n) is 17.5. The van der Waals surface area contributed by atoms with Crippen LogP contribution in [0.2, 0.25) is 0 Å². The average molecular weight is 406 g/mol. The molecule has 1 amide bonds. The number of benzene rings is 2. The van der Waals surface area contributed by atoms with Crippen LogP contribution in [0, 0.1) is 0 Å². The first-order valence-corrected chi connectivity index (χ1v) is 10.4. The van der Waals surface area contributed by atoms with Gasteiger partial charge in [-0.1, -0.05) is 35.5 Å². The van der Waals surface area contributed by atoms with E-state index in [4.69, 9.17) is 9.26 Å². The lowest BCUT2D eigenvalue weighted by atomic mass is 9.97. The number of hydrogen-bond donors (Lipinski definition) is 0. The molecule has 0 saturated carbocycles. The molecular formula is C24H26N2O4. The molecule has 0 radical (unpaired) electrons. The average Bonchev–Trinajstić information content (AvgIpc) is 3.17. The van der Waals surface area contributed by atoms with Crippen LogP contribution < -0.4 is 0 Å². The van der Waals surface area contributed by atoms with E-state index in [2.05, 4.69) is 5.16 Å². The number of piperidine rings is 1. The number of hydrogen-bond acceptors (Lipinski definition) is 5. The molecule has 2 aromatic carbocycles. The third kappa shape index (κ3) is 3.82. The molecule has 1 aliphatic heterocycles. The third-order valence-electron chi connectivity index (χ3n) is 5.83. The molecule has 1 fully saturated rings. The molecule has 3 aromatic rings. The quantitative estimate of drug-likeness (QED) is 0.580. The summed E-state index contributed by atoms with van der Waals surface area (Å²) in [5, 5.41) is 4.80. The minimum absolute atomic E-state index is 0.140. The standard InChI is InChI=1S/C24H26N2O4/c1-15-8-7-9-16(2)26(15)23(27)17(3)29-24(28)19-12-13-21-20(14-19)22(30-25-21)18-10-5-4-6-11-18/h4-6,10-17H,7-9H2,1-3H3/t15-,16+,17-/m1/s1. The summed E-state index contributed by atoms with van der Waals surface area (Å²) in [5.41, 5.74) is 1.90. The lowest BCUT2D eigenvalue weighted by Crippen LogP contribution is -2.51. The van der Waals surface area contributed by atoms with Crippen molar-refractivity contribution in [3.05, 3.63) is 54.1 Å². The summed E-state index contributed by atoms with van der Waals surface area (Å²) in [7, 11) is 0. The Labute approximate surface area is 175 Å². The van der Waals surface area contributed by atoms with E-state index in [-0.39, 0.29) is 18.0 Å². The van der Waals surface area contributed by atoms with Crippen LogP contribution in [0.15, 0.2) is 53.1 Å². The van der Waals surface area contributed by atoms with Crippen LogP contribution in [0.5, 0.6) is 0 Å². The zero-order valence-corrected chi connectivity index (χ0v) is 17.5. The van der Waals surface area contributed by atoms with Gasteiger partial charge in [-0.15, -0.1) is 0 Å². The fourth-order valence-electron chi connectivity index (χ4n) is 4.21. The van der Waals surface area contributed by atoms with E-state index in [0.29, 0.717) is 16.8 Å². The van der Waals surface area contributed by atoms with Gasteiger partial charge < -0.3 is 14.2 Å². The van der Waals surface area contributed by atoms with E-state index in [1.54, 1.807) is 25.1 Å². The number of fused-ring (bicyclic) bond motifs is 1. The molecule has 0 N–H and O–H groups in total. The molecule has 6 nitrogen and oxygen atoms in total. The Morgan fingerprint density at radius 2 is 1.80 bits per heavy atom. The number of amides is 1. The number of rotatable bonds is 4. The molecule has 0 bridgehead atoms. The van der Waals surface area contributed by atoms with Gasteiger partial charge in [-0.25, -0.2) is 4.79 Å².